The van der Waals surface area contributed by atoms with Gasteiger partial charge in [-0.3, -0.25) is 9.78 Å². The molecule has 1 aliphatic rings. The molecule has 26 heavy (non-hydrogen) atoms. The molecule has 1 aliphatic heterocycles. The zero-order chi connectivity index (χ0) is 17.9. The number of carbonyl (C=O) groups excluding carboxylic acids is 1. The quantitative estimate of drug-likeness (QED) is 0.725. The second-order valence-electron chi connectivity index (χ2n) is 6.07. The van der Waals surface area contributed by atoms with Crippen molar-refractivity contribution in [1.29, 1.82) is 0 Å². The molecule has 0 bridgehead atoms. The van der Waals surface area contributed by atoms with Gasteiger partial charge in [0.25, 0.3) is 5.91 Å². The molecular formula is C19H17FN4O2. The molecule has 2 aromatic heterocycles. The molecule has 0 saturated carbocycles. The molecule has 132 valence electrons. The van der Waals surface area contributed by atoms with Crippen LogP contribution in [0.25, 0.3) is 11.3 Å². The topological polar surface area (TPSA) is 62.5 Å². The van der Waals surface area contributed by atoms with E-state index in [9.17, 15) is 9.18 Å². The first-order valence-corrected chi connectivity index (χ1v) is 8.37. The highest BCUT2D eigenvalue weighted by molar-refractivity contribution is 5.93. The lowest BCUT2D eigenvalue weighted by atomic mass is 10.2. The second kappa shape index (κ2) is 6.95. The van der Waals surface area contributed by atoms with Crippen molar-refractivity contribution in [2.75, 3.05) is 31.1 Å². The number of hydrogen-bond donors (Lipinski definition) is 0. The summed E-state index contributed by atoms with van der Waals surface area (Å²) < 4.78 is 18.3. The Morgan fingerprint density at radius 3 is 2.54 bits per heavy atom. The Labute approximate surface area is 149 Å². The molecule has 0 N–H and O–H groups in total. The van der Waals surface area contributed by atoms with Crippen molar-refractivity contribution in [3.63, 3.8) is 0 Å². The van der Waals surface area contributed by atoms with E-state index >= 15 is 0 Å². The van der Waals surface area contributed by atoms with Crippen LogP contribution in [-0.2, 0) is 0 Å². The summed E-state index contributed by atoms with van der Waals surface area (Å²) in [4.78, 5) is 20.6. The van der Waals surface area contributed by atoms with Crippen molar-refractivity contribution < 1.29 is 13.7 Å². The van der Waals surface area contributed by atoms with Crippen LogP contribution in [0.2, 0.25) is 0 Å². The number of rotatable bonds is 3. The van der Waals surface area contributed by atoms with Gasteiger partial charge < -0.3 is 14.3 Å². The van der Waals surface area contributed by atoms with E-state index in [1.54, 1.807) is 41.6 Å². The van der Waals surface area contributed by atoms with Gasteiger partial charge in [0, 0.05) is 55.9 Å². The molecule has 4 rings (SSSR count). The summed E-state index contributed by atoms with van der Waals surface area (Å²) in [6.45, 7) is 2.52. The highest BCUT2D eigenvalue weighted by Crippen LogP contribution is 2.21. The minimum absolute atomic E-state index is 0.150. The molecule has 1 saturated heterocycles. The Balaban J connectivity index is 1.41. The van der Waals surface area contributed by atoms with E-state index in [4.69, 9.17) is 4.52 Å². The summed E-state index contributed by atoms with van der Waals surface area (Å²) in [6, 6.07) is 11.7. The number of pyridine rings is 1. The van der Waals surface area contributed by atoms with Crippen LogP contribution in [0.5, 0.6) is 0 Å². The lowest BCUT2D eigenvalue weighted by Gasteiger charge is -2.35. The molecule has 0 atom stereocenters. The van der Waals surface area contributed by atoms with Gasteiger partial charge in [-0.2, -0.15) is 0 Å². The van der Waals surface area contributed by atoms with Gasteiger partial charge >= 0.3 is 0 Å². The molecule has 0 aliphatic carbocycles. The fraction of sp³-hybridized carbons (Fsp3) is 0.211. The molecule has 1 aromatic carbocycles. The molecule has 1 fully saturated rings. The van der Waals surface area contributed by atoms with Crippen molar-refractivity contribution in [3.8, 4) is 11.3 Å². The summed E-state index contributed by atoms with van der Waals surface area (Å²) in [5, 5.41) is 3.91. The van der Waals surface area contributed by atoms with E-state index in [0.29, 0.717) is 37.6 Å². The Bertz CT molecular complexity index is 887. The summed E-state index contributed by atoms with van der Waals surface area (Å²) in [5.74, 6) is 0.118. The number of piperazine rings is 1. The minimum Gasteiger partial charge on any atom is -0.368 e. The van der Waals surface area contributed by atoms with Gasteiger partial charge in [0.15, 0.2) is 11.5 Å². The maximum Gasteiger partial charge on any atom is 0.276 e. The molecule has 3 aromatic rings. The van der Waals surface area contributed by atoms with Crippen LogP contribution in [-0.4, -0.2) is 47.1 Å². The van der Waals surface area contributed by atoms with E-state index < -0.39 is 0 Å². The van der Waals surface area contributed by atoms with Crippen molar-refractivity contribution in [3.05, 3.63) is 66.4 Å². The monoisotopic (exact) mass is 352 g/mol. The highest BCUT2D eigenvalue weighted by Gasteiger charge is 2.25. The number of benzene rings is 1. The Hall–Kier alpha value is -3.22. The predicted molar refractivity (Wildman–Crippen MR) is 94.3 cm³/mol. The summed E-state index contributed by atoms with van der Waals surface area (Å²) in [5.41, 5.74) is 2.03. The zero-order valence-electron chi connectivity index (χ0n) is 14.0. The second-order valence-corrected chi connectivity index (χ2v) is 6.07. The van der Waals surface area contributed by atoms with Crippen molar-refractivity contribution in [1.82, 2.24) is 15.0 Å². The number of hydrogen-bond acceptors (Lipinski definition) is 5. The van der Waals surface area contributed by atoms with E-state index in [0.717, 1.165) is 11.3 Å². The molecule has 6 nitrogen and oxygen atoms in total. The smallest absolute Gasteiger partial charge is 0.276 e. The van der Waals surface area contributed by atoms with Crippen molar-refractivity contribution in [2.45, 2.75) is 0 Å². The first kappa shape index (κ1) is 16.3. The molecular weight excluding hydrogens is 335 g/mol. The molecule has 0 unspecified atom stereocenters. The van der Waals surface area contributed by atoms with Gasteiger partial charge in [0.1, 0.15) is 5.82 Å². The van der Waals surface area contributed by atoms with E-state index in [2.05, 4.69) is 15.0 Å². The van der Waals surface area contributed by atoms with Gasteiger partial charge in [-0.05, 0) is 36.4 Å². The van der Waals surface area contributed by atoms with Gasteiger partial charge in [-0.15, -0.1) is 0 Å². The van der Waals surface area contributed by atoms with Crippen LogP contribution in [0.15, 0.2) is 59.4 Å². The lowest BCUT2D eigenvalue weighted by molar-refractivity contribution is 0.0736. The molecule has 7 heteroatoms. The van der Waals surface area contributed by atoms with Crippen molar-refractivity contribution >= 4 is 11.6 Å². The third-order valence-electron chi connectivity index (χ3n) is 4.43. The predicted octanol–water partition coefficient (Wildman–Crippen LogP) is 2.84. The minimum atomic E-state index is -0.252. The van der Waals surface area contributed by atoms with Crippen LogP contribution in [0, 0.1) is 5.82 Å². The molecule has 0 radical (unpaired) electrons. The maximum atomic E-state index is 13.0. The number of amides is 1. The number of aromatic nitrogens is 2. The Morgan fingerprint density at radius 2 is 1.85 bits per heavy atom. The summed E-state index contributed by atoms with van der Waals surface area (Å²) in [6.07, 6.45) is 3.34. The average molecular weight is 352 g/mol. The number of nitrogens with zero attached hydrogens (tertiary/aromatic N) is 4. The average Bonchev–Trinajstić information content (AvgIpc) is 3.19. The standard InChI is InChI=1S/C19H17FN4O2/c20-15-3-5-16(6-4-15)23-8-10-24(11-9-23)19(25)17-12-18(26-22-17)14-2-1-7-21-13-14/h1-7,12-13H,8-11H2. The molecule has 3 heterocycles. The number of anilines is 1. The van der Waals surface area contributed by atoms with Gasteiger partial charge in [-0.1, -0.05) is 5.16 Å². The third kappa shape index (κ3) is 3.28. The fourth-order valence-electron chi connectivity index (χ4n) is 3.00. The molecule has 1 amide bonds. The Kier molecular flexibility index (Phi) is 4.35. The van der Waals surface area contributed by atoms with Crippen molar-refractivity contribution in [2.24, 2.45) is 0 Å². The lowest BCUT2D eigenvalue weighted by Crippen LogP contribution is -2.48. The van der Waals surface area contributed by atoms with Crippen LogP contribution in [0.1, 0.15) is 10.5 Å². The van der Waals surface area contributed by atoms with Crippen LogP contribution in [0.3, 0.4) is 0 Å². The largest absolute Gasteiger partial charge is 0.368 e. The van der Waals surface area contributed by atoms with Crippen LogP contribution >= 0.6 is 0 Å². The number of halogens is 1. The normalized spacial score (nSPS) is 14.5. The van der Waals surface area contributed by atoms with Gasteiger partial charge in [0.2, 0.25) is 0 Å². The first-order chi connectivity index (χ1) is 12.7. The fourth-order valence-corrected chi connectivity index (χ4v) is 3.00. The van der Waals surface area contributed by atoms with Crippen LogP contribution in [0.4, 0.5) is 10.1 Å². The van der Waals surface area contributed by atoms with E-state index in [1.165, 1.54) is 12.1 Å². The van der Waals surface area contributed by atoms with Gasteiger partial charge in [-0.25, -0.2) is 4.39 Å². The van der Waals surface area contributed by atoms with E-state index in [-0.39, 0.29) is 11.7 Å². The highest BCUT2D eigenvalue weighted by atomic mass is 19.1. The number of carbonyl (C=O) groups is 1. The SMILES string of the molecule is O=C(c1cc(-c2cccnc2)on1)N1CCN(c2ccc(F)cc2)CC1. The molecule has 0 spiro atoms. The maximum absolute atomic E-state index is 13.0. The summed E-state index contributed by atoms with van der Waals surface area (Å²) in [7, 11) is 0. The van der Waals surface area contributed by atoms with Gasteiger partial charge in [0.05, 0.1) is 0 Å². The Morgan fingerprint density at radius 1 is 1.08 bits per heavy atom. The van der Waals surface area contributed by atoms with Crippen LogP contribution < -0.4 is 4.90 Å². The van der Waals surface area contributed by atoms with E-state index in [1.807, 2.05) is 6.07 Å². The first-order valence-electron chi connectivity index (χ1n) is 8.37. The summed E-state index contributed by atoms with van der Waals surface area (Å²) >= 11 is 0. The zero-order valence-corrected chi connectivity index (χ0v) is 14.0. The third-order valence-corrected chi connectivity index (χ3v) is 4.43.